The summed E-state index contributed by atoms with van der Waals surface area (Å²) < 4.78 is 0. The number of rotatable bonds is 1. The Labute approximate surface area is 40.5 Å². The van der Waals surface area contributed by atoms with Crippen LogP contribution in [0.1, 0.15) is 0 Å². The molecule has 1 radical (unpaired) electrons. The quantitative estimate of drug-likeness (QED) is 0.377. The molecular weight excluding hydrogens is 103 g/mol. The molecule has 0 rings (SSSR count). The molecule has 0 bridgehead atoms. The third-order valence-corrected chi connectivity index (χ3v) is 0.361. The van der Waals surface area contributed by atoms with Gasteiger partial charge in [-0.05, 0) is 0 Å². The van der Waals surface area contributed by atoms with Crippen LogP contribution < -0.4 is 11.1 Å². The molecule has 3 nitrogen and oxygen atoms in total. The van der Waals surface area contributed by atoms with Gasteiger partial charge in [0.2, 0.25) is 0 Å². The molecule has 0 aliphatic heterocycles. The summed E-state index contributed by atoms with van der Waals surface area (Å²) >= 11 is 4.94. The van der Waals surface area contributed by atoms with E-state index in [1.165, 1.54) is 0 Å². The molecule has 0 spiro atoms. The van der Waals surface area contributed by atoms with E-state index in [9.17, 15) is 4.79 Å². The van der Waals surface area contributed by atoms with Crippen molar-refractivity contribution in [2.45, 2.75) is 0 Å². The van der Waals surface area contributed by atoms with Crippen LogP contribution in [0.2, 0.25) is 0 Å². The molecule has 2 amide bonds. The Morgan fingerprint density at radius 1 is 2.00 bits per heavy atom. The van der Waals surface area contributed by atoms with E-state index in [-0.39, 0.29) is 6.00 Å². The maximum absolute atomic E-state index is 9.51. The highest BCUT2D eigenvalue weighted by Crippen LogP contribution is 1.63. The van der Waals surface area contributed by atoms with Gasteiger partial charge in [0.15, 0.2) is 0 Å². The van der Waals surface area contributed by atoms with E-state index >= 15 is 0 Å². The molecule has 2 N–H and O–H groups in total. The number of hydrogen-bond donors (Lipinski definition) is 1. The van der Waals surface area contributed by atoms with Crippen LogP contribution in [0.4, 0.5) is 4.79 Å². The Balaban J connectivity index is 2.83. The number of halogens is 1. The smallest absolute Gasteiger partial charge is 0.323 e. The van der Waals surface area contributed by atoms with Gasteiger partial charge in [-0.25, -0.2) is 10.5 Å². The van der Waals surface area contributed by atoms with E-state index in [4.69, 9.17) is 17.3 Å². The average Bonchev–Trinajstić information content (AvgIpc) is 1.35. The molecule has 0 saturated heterocycles. The minimum absolute atomic E-state index is 0.0162. The number of amides is 2. The second-order valence-corrected chi connectivity index (χ2v) is 0.907. The molecule has 0 aliphatic carbocycles. The van der Waals surface area contributed by atoms with E-state index in [0.29, 0.717) is 0 Å². The number of carbonyl (C=O) groups excluding carboxylic acids is 1. The molecule has 0 saturated carbocycles. The van der Waals surface area contributed by atoms with Crippen molar-refractivity contribution in [1.29, 1.82) is 0 Å². The van der Waals surface area contributed by atoms with Crippen LogP contribution in [0.5, 0.6) is 0 Å². The van der Waals surface area contributed by atoms with Crippen LogP contribution >= 0.6 is 11.6 Å². The molecule has 0 unspecified atom stereocenters. The lowest BCUT2D eigenvalue weighted by Gasteiger charge is -1.85. The van der Waals surface area contributed by atoms with Crippen molar-refractivity contribution >= 4 is 17.6 Å². The van der Waals surface area contributed by atoms with E-state index in [0.717, 1.165) is 0 Å². The fraction of sp³-hybridized carbons (Fsp3) is 0.500. The Morgan fingerprint density at radius 3 is 2.50 bits per heavy atom. The van der Waals surface area contributed by atoms with Gasteiger partial charge in [0.1, 0.15) is 0 Å². The van der Waals surface area contributed by atoms with E-state index < -0.39 is 6.03 Å². The fourth-order valence-corrected chi connectivity index (χ4v) is 0.182. The zero-order valence-corrected chi connectivity index (χ0v) is 3.75. The Bertz CT molecular complexity index is 55.5. The van der Waals surface area contributed by atoms with Crippen LogP contribution in [0, 0.1) is 0 Å². The number of nitrogens with one attached hydrogen (secondary N) is 2. The molecule has 0 heterocycles. The van der Waals surface area contributed by atoms with Gasteiger partial charge in [-0.3, -0.25) is 0 Å². The van der Waals surface area contributed by atoms with Gasteiger partial charge in [-0.15, -0.1) is 11.6 Å². The lowest BCUT2D eigenvalue weighted by Crippen LogP contribution is -2.19. The van der Waals surface area contributed by atoms with Gasteiger partial charge in [0, 0.05) is 0 Å². The van der Waals surface area contributed by atoms with Crippen LogP contribution in [-0.4, -0.2) is 12.0 Å². The fourth-order valence-electron chi connectivity index (χ4n) is 0.0607. The summed E-state index contributed by atoms with van der Waals surface area (Å²) in [7, 11) is 0. The van der Waals surface area contributed by atoms with Gasteiger partial charge < -0.3 is 5.32 Å². The topological polar surface area (TPSA) is 52.9 Å². The highest BCUT2D eigenvalue weighted by molar-refractivity contribution is 6.18. The highest BCUT2D eigenvalue weighted by atomic mass is 35.5. The van der Waals surface area contributed by atoms with Crippen molar-refractivity contribution in [2.75, 3.05) is 6.00 Å². The maximum atomic E-state index is 9.51. The summed E-state index contributed by atoms with van der Waals surface area (Å²) in [5.41, 5.74) is 6.14. The first-order valence-corrected chi connectivity index (χ1v) is 1.86. The maximum Gasteiger partial charge on any atom is 0.334 e. The van der Waals surface area contributed by atoms with E-state index in [2.05, 4.69) is 0 Å². The summed E-state index contributed by atoms with van der Waals surface area (Å²) in [5.74, 6) is 0. The van der Waals surface area contributed by atoms with E-state index in [1.807, 2.05) is 5.32 Å². The molecule has 0 aliphatic rings. The first-order valence-electron chi connectivity index (χ1n) is 1.32. The SMILES string of the molecule is [NH]C(=O)NCCl. The Hall–Kier alpha value is -0.440. The molecule has 0 aromatic heterocycles. The van der Waals surface area contributed by atoms with Gasteiger partial charge >= 0.3 is 6.03 Å². The lowest BCUT2D eigenvalue weighted by atomic mass is 11.0. The molecule has 4 heteroatoms. The minimum Gasteiger partial charge on any atom is -0.323 e. The average molecular weight is 108 g/mol. The number of alkyl halides is 1. The number of urea groups is 1. The molecule has 0 fully saturated rings. The Morgan fingerprint density at radius 2 is 2.50 bits per heavy atom. The molecule has 0 aromatic rings. The predicted octanol–water partition coefficient (Wildman–Crippen LogP) is 0.175. The van der Waals surface area contributed by atoms with E-state index in [1.54, 1.807) is 0 Å². The predicted molar refractivity (Wildman–Crippen MR) is 22.3 cm³/mol. The van der Waals surface area contributed by atoms with Gasteiger partial charge in [-0.2, -0.15) is 0 Å². The molecule has 6 heavy (non-hydrogen) atoms. The summed E-state index contributed by atoms with van der Waals surface area (Å²) in [6.45, 7) is 0. The van der Waals surface area contributed by atoms with Crippen LogP contribution in [0.25, 0.3) is 0 Å². The molecule has 0 atom stereocenters. The zero-order valence-electron chi connectivity index (χ0n) is 2.99. The van der Waals surface area contributed by atoms with Crippen LogP contribution in [0.15, 0.2) is 0 Å². The monoisotopic (exact) mass is 107 g/mol. The highest BCUT2D eigenvalue weighted by Gasteiger charge is 1.82. The normalized spacial score (nSPS) is 7.50. The first kappa shape index (κ1) is 5.56. The molecule has 0 aromatic carbocycles. The first-order chi connectivity index (χ1) is 2.77. The second kappa shape index (κ2) is 2.78. The third kappa shape index (κ3) is 3.56. The molecule has 35 valence electrons. The van der Waals surface area contributed by atoms with Gasteiger partial charge in [-0.1, -0.05) is 0 Å². The Kier molecular flexibility index (Phi) is 2.58. The molecular formula is C2H4ClN2O. The van der Waals surface area contributed by atoms with Gasteiger partial charge in [0.25, 0.3) is 0 Å². The minimum atomic E-state index is -0.843. The lowest BCUT2D eigenvalue weighted by molar-refractivity contribution is 0.249. The van der Waals surface area contributed by atoms with Crippen molar-refractivity contribution < 1.29 is 4.79 Å². The summed E-state index contributed by atoms with van der Waals surface area (Å²) in [5, 5.41) is 2.00. The standard InChI is InChI=1S/C2H4ClN2O/c3-1-5-2(4)6/h4H,1H2,(H,5,6). The van der Waals surface area contributed by atoms with Crippen molar-refractivity contribution in [3.63, 3.8) is 0 Å². The van der Waals surface area contributed by atoms with Crippen molar-refractivity contribution in [3.8, 4) is 0 Å². The number of carbonyl (C=O) groups is 1. The number of hydrogen-bond acceptors (Lipinski definition) is 1. The van der Waals surface area contributed by atoms with Crippen molar-refractivity contribution in [3.05, 3.63) is 0 Å². The van der Waals surface area contributed by atoms with Crippen LogP contribution in [0.3, 0.4) is 0 Å². The third-order valence-electron chi connectivity index (χ3n) is 0.227. The van der Waals surface area contributed by atoms with Gasteiger partial charge in [0.05, 0.1) is 6.00 Å². The zero-order chi connectivity index (χ0) is 4.99. The van der Waals surface area contributed by atoms with Crippen molar-refractivity contribution in [1.82, 2.24) is 11.1 Å². The largest absolute Gasteiger partial charge is 0.334 e. The summed E-state index contributed by atoms with van der Waals surface area (Å²) in [6, 6.07) is -0.826. The summed E-state index contributed by atoms with van der Waals surface area (Å²) in [6.07, 6.45) is 0. The van der Waals surface area contributed by atoms with Crippen LogP contribution in [-0.2, 0) is 0 Å². The second-order valence-electron chi connectivity index (χ2n) is 0.640. The summed E-state index contributed by atoms with van der Waals surface area (Å²) in [4.78, 5) is 9.51. The van der Waals surface area contributed by atoms with Crippen molar-refractivity contribution in [2.24, 2.45) is 0 Å².